The molecule has 2 heterocycles. The molecule has 0 aliphatic carbocycles. The Kier molecular flexibility index (Phi) is 3.29. The molecule has 0 unspecified atom stereocenters. The quantitative estimate of drug-likeness (QED) is 0.538. The Morgan fingerprint density at radius 2 is 1.91 bits per heavy atom. The number of hydrogen-bond acceptors (Lipinski definition) is 5. The maximum Gasteiger partial charge on any atom is 0.343 e. The molecule has 0 bridgehead atoms. The van der Waals surface area contributed by atoms with Crippen LogP contribution in [0.5, 0.6) is 5.75 Å². The molecule has 5 nitrogen and oxygen atoms in total. The molecular formula is C17H14O5. The molecule has 112 valence electrons. The van der Waals surface area contributed by atoms with E-state index >= 15 is 0 Å². The van der Waals surface area contributed by atoms with Gasteiger partial charge in [0.15, 0.2) is 6.10 Å². The zero-order chi connectivity index (χ0) is 14.9. The van der Waals surface area contributed by atoms with E-state index in [-0.39, 0.29) is 6.61 Å². The third kappa shape index (κ3) is 2.34. The van der Waals surface area contributed by atoms with Crippen molar-refractivity contribution in [3.8, 4) is 5.75 Å². The van der Waals surface area contributed by atoms with Gasteiger partial charge in [0, 0.05) is 10.8 Å². The summed E-state index contributed by atoms with van der Waals surface area (Å²) in [5, 5.41) is 1.91. The van der Waals surface area contributed by atoms with Crippen molar-refractivity contribution >= 4 is 27.9 Å². The molecule has 4 rings (SSSR count). The summed E-state index contributed by atoms with van der Waals surface area (Å²) in [4.78, 5) is 12.1. The second-order valence-electron chi connectivity index (χ2n) is 5.11. The first-order valence-electron chi connectivity index (χ1n) is 7.13. The molecule has 5 heteroatoms. The Hall–Kier alpha value is -2.37. The minimum absolute atomic E-state index is 0.232. The van der Waals surface area contributed by atoms with Crippen LogP contribution in [-0.2, 0) is 14.3 Å². The summed E-state index contributed by atoms with van der Waals surface area (Å²) in [5.41, 5.74) is 1.57. The van der Waals surface area contributed by atoms with Gasteiger partial charge in [-0.2, -0.15) is 0 Å². The highest BCUT2D eigenvalue weighted by molar-refractivity contribution is 6.05. The van der Waals surface area contributed by atoms with Crippen LogP contribution in [0, 0.1) is 0 Å². The number of hydrogen-bond donors (Lipinski definition) is 0. The second kappa shape index (κ2) is 5.44. The van der Waals surface area contributed by atoms with Gasteiger partial charge in [-0.1, -0.05) is 18.2 Å². The Labute approximate surface area is 126 Å². The number of carbonyl (C=O) groups excluding carboxylic acids is 1. The van der Waals surface area contributed by atoms with Gasteiger partial charge < -0.3 is 18.6 Å². The van der Waals surface area contributed by atoms with Gasteiger partial charge in [0.05, 0.1) is 19.8 Å². The fourth-order valence-corrected chi connectivity index (χ4v) is 2.57. The number of benzene rings is 2. The highest BCUT2D eigenvalue weighted by Crippen LogP contribution is 2.31. The predicted octanol–water partition coefficient (Wildman–Crippen LogP) is 2.91. The van der Waals surface area contributed by atoms with Crippen molar-refractivity contribution in [1.82, 2.24) is 0 Å². The minimum atomic E-state index is -0.662. The maximum absolute atomic E-state index is 12.1. The lowest BCUT2D eigenvalue weighted by atomic mass is 10.1. The SMILES string of the molecule is O=C(Oc1ccc2oc3ccccc3c2c1)[C@H]1COCCO1. The van der Waals surface area contributed by atoms with Crippen LogP contribution in [0.4, 0.5) is 0 Å². The number of carbonyl (C=O) groups is 1. The van der Waals surface area contributed by atoms with Gasteiger partial charge >= 0.3 is 5.97 Å². The molecule has 1 aliphatic rings. The lowest BCUT2D eigenvalue weighted by Gasteiger charge is -2.21. The topological polar surface area (TPSA) is 57.9 Å². The van der Waals surface area contributed by atoms with Gasteiger partial charge in [-0.25, -0.2) is 4.79 Å². The first-order chi connectivity index (χ1) is 10.8. The molecule has 0 radical (unpaired) electrons. The fourth-order valence-electron chi connectivity index (χ4n) is 2.57. The first-order valence-corrected chi connectivity index (χ1v) is 7.13. The molecule has 1 atom stereocenters. The van der Waals surface area contributed by atoms with Crippen LogP contribution < -0.4 is 4.74 Å². The molecule has 3 aromatic rings. The van der Waals surface area contributed by atoms with E-state index in [0.717, 1.165) is 21.9 Å². The monoisotopic (exact) mass is 298 g/mol. The van der Waals surface area contributed by atoms with Crippen LogP contribution in [0.3, 0.4) is 0 Å². The largest absolute Gasteiger partial charge is 0.456 e. The highest BCUT2D eigenvalue weighted by atomic mass is 16.6. The molecule has 1 fully saturated rings. The predicted molar refractivity (Wildman–Crippen MR) is 79.9 cm³/mol. The van der Waals surface area contributed by atoms with Gasteiger partial charge in [0.2, 0.25) is 0 Å². The van der Waals surface area contributed by atoms with E-state index in [1.54, 1.807) is 12.1 Å². The van der Waals surface area contributed by atoms with Gasteiger partial charge in [0.25, 0.3) is 0 Å². The van der Waals surface area contributed by atoms with Gasteiger partial charge in [-0.3, -0.25) is 0 Å². The van der Waals surface area contributed by atoms with E-state index in [2.05, 4.69) is 0 Å². The number of esters is 1. The number of rotatable bonds is 2. The molecule has 0 amide bonds. The summed E-state index contributed by atoms with van der Waals surface area (Å²) in [6.45, 7) is 1.15. The van der Waals surface area contributed by atoms with Crippen LogP contribution in [0.2, 0.25) is 0 Å². The van der Waals surface area contributed by atoms with Crippen molar-refractivity contribution in [3.63, 3.8) is 0 Å². The summed E-state index contributed by atoms with van der Waals surface area (Å²) in [5.74, 6) is 0.0325. The van der Waals surface area contributed by atoms with Crippen molar-refractivity contribution < 1.29 is 23.4 Å². The Balaban J connectivity index is 1.64. The van der Waals surface area contributed by atoms with Crippen molar-refractivity contribution in [2.75, 3.05) is 19.8 Å². The first kappa shape index (κ1) is 13.3. The fraction of sp³-hybridized carbons (Fsp3) is 0.235. The Morgan fingerprint density at radius 1 is 1.05 bits per heavy atom. The average molecular weight is 298 g/mol. The zero-order valence-electron chi connectivity index (χ0n) is 11.8. The summed E-state index contributed by atoms with van der Waals surface area (Å²) >= 11 is 0. The van der Waals surface area contributed by atoms with Crippen molar-refractivity contribution in [1.29, 1.82) is 0 Å². The lowest BCUT2D eigenvalue weighted by molar-refractivity contribution is -0.161. The third-order valence-corrected chi connectivity index (χ3v) is 3.65. The minimum Gasteiger partial charge on any atom is -0.456 e. The van der Waals surface area contributed by atoms with Crippen LogP contribution in [-0.4, -0.2) is 31.9 Å². The van der Waals surface area contributed by atoms with E-state index in [1.165, 1.54) is 0 Å². The standard InChI is InChI=1S/C17H14O5/c18-17(16-10-19-7-8-20-16)21-11-5-6-15-13(9-11)12-3-1-2-4-14(12)22-15/h1-6,9,16H,7-8,10H2/t16-/m1/s1. The molecule has 22 heavy (non-hydrogen) atoms. The number of para-hydroxylation sites is 1. The van der Waals surface area contributed by atoms with Gasteiger partial charge in [0.1, 0.15) is 16.9 Å². The Bertz CT molecular complexity index is 829. The molecule has 1 aliphatic heterocycles. The summed E-state index contributed by atoms with van der Waals surface area (Å²) in [7, 11) is 0. The second-order valence-corrected chi connectivity index (χ2v) is 5.11. The van der Waals surface area contributed by atoms with E-state index in [9.17, 15) is 4.79 Å². The van der Waals surface area contributed by atoms with Gasteiger partial charge in [-0.05, 0) is 24.3 Å². The molecule has 0 spiro atoms. The van der Waals surface area contributed by atoms with E-state index in [0.29, 0.717) is 19.0 Å². The maximum atomic E-state index is 12.1. The van der Waals surface area contributed by atoms with E-state index in [1.807, 2.05) is 30.3 Å². The summed E-state index contributed by atoms with van der Waals surface area (Å²) < 4.78 is 21.7. The zero-order valence-corrected chi connectivity index (χ0v) is 11.8. The molecule has 1 aromatic heterocycles. The average Bonchev–Trinajstić information content (AvgIpc) is 2.94. The molecule has 0 N–H and O–H groups in total. The van der Waals surface area contributed by atoms with Crippen LogP contribution in [0.1, 0.15) is 0 Å². The van der Waals surface area contributed by atoms with Crippen molar-refractivity contribution in [3.05, 3.63) is 42.5 Å². The van der Waals surface area contributed by atoms with Crippen molar-refractivity contribution in [2.45, 2.75) is 6.10 Å². The van der Waals surface area contributed by atoms with Crippen molar-refractivity contribution in [2.24, 2.45) is 0 Å². The summed E-state index contributed by atoms with van der Waals surface area (Å²) in [6.07, 6.45) is -0.662. The number of ether oxygens (including phenoxy) is 3. The Morgan fingerprint density at radius 3 is 2.77 bits per heavy atom. The lowest BCUT2D eigenvalue weighted by Crippen LogP contribution is -2.38. The molecular weight excluding hydrogens is 284 g/mol. The highest BCUT2D eigenvalue weighted by Gasteiger charge is 2.24. The molecule has 1 saturated heterocycles. The number of fused-ring (bicyclic) bond motifs is 3. The van der Waals surface area contributed by atoms with E-state index < -0.39 is 12.1 Å². The smallest absolute Gasteiger partial charge is 0.343 e. The van der Waals surface area contributed by atoms with Crippen LogP contribution >= 0.6 is 0 Å². The molecule has 0 saturated carbocycles. The van der Waals surface area contributed by atoms with Crippen LogP contribution in [0.15, 0.2) is 46.9 Å². The van der Waals surface area contributed by atoms with Crippen LogP contribution in [0.25, 0.3) is 21.9 Å². The van der Waals surface area contributed by atoms with Gasteiger partial charge in [-0.15, -0.1) is 0 Å². The summed E-state index contributed by atoms with van der Waals surface area (Å²) in [6, 6.07) is 13.1. The third-order valence-electron chi connectivity index (χ3n) is 3.65. The van der Waals surface area contributed by atoms with E-state index in [4.69, 9.17) is 18.6 Å². The number of furan rings is 1. The molecule has 2 aromatic carbocycles. The normalized spacial score (nSPS) is 18.6.